The molecule has 0 fully saturated rings. The highest BCUT2D eigenvalue weighted by Crippen LogP contribution is 2.15. The third kappa shape index (κ3) is 6.04. The molecule has 0 aliphatic carbocycles. The van der Waals surface area contributed by atoms with Gasteiger partial charge in [-0.3, -0.25) is 9.59 Å². The Morgan fingerprint density at radius 1 is 1.16 bits per heavy atom. The summed E-state index contributed by atoms with van der Waals surface area (Å²) >= 11 is 0. The van der Waals surface area contributed by atoms with E-state index in [1.54, 1.807) is 0 Å². The van der Waals surface area contributed by atoms with E-state index in [9.17, 15) is 9.59 Å². The topological polar surface area (TPSA) is 58.2 Å². The first-order valence-electron chi connectivity index (χ1n) is 6.75. The zero-order valence-corrected chi connectivity index (χ0v) is 11.7. The van der Waals surface area contributed by atoms with Crippen LogP contribution in [0.3, 0.4) is 0 Å². The van der Waals surface area contributed by atoms with Gasteiger partial charge < -0.3 is 10.6 Å². The van der Waals surface area contributed by atoms with E-state index in [4.69, 9.17) is 0 Å². The number of rotatable bonds is 7. The van der Waals surface area contributed by atoms with E-state index in [1.807, 2.05) is 24.3 Å². The molecule has 1 aromatic carbocycles. The molecule has 19 heavy (non-hydrogen) atoms. The molecule has 0 aromatic heterocycles. The summed E-state index contributed by atoms with van der Waals surface area (Å²) in [6.07, 6.45) is 3.63. The van der Waals surface area contributed by atoms with Gasteiger partial charge in [-0.2, -0.15) is 0 Å². The average molecular weight is 262 g/mol. The second-order valence-electron chi connectivity index (χ2n) is 4.57. The lowest BCUT2D eigenvalue weighted by Gasteiger charge is -2.11. The minimum atomic E-state index is -0.0796. The fourth-order valence-corrected chi connectivity index (χ4v) is 1.76. The molecule has 0 spiro atoms. The van der Waals surface area contributed by atoms with Crippen molar-refractivity contribution >= 4 is 17.5 Å². The number of hydrogen-bond donors (Lipinski definition) is 2. The molecule has 1 aromatic rings. The Kier molecular flexibility index (Phi) is 6.64. The average Bonchev–Trinajstić information content (AvgIpc) is 2.38. The highest BCUT2D eigenvalue weighted by atomic mass is 16.2. The van der Waals surface area contributed by atoms with Crippen LogP contribution in [-0.4, -0.2) is 11.8 Å². The minimum Gasteiger partial charge on any atom is -0.352 e. The molecule has 0 radical (unpaired) electrons. The van der Waals surface area contributed by atoms with Crippen LogP contribution in [0.15, 0.2) is 24.3 Å². The van der Waals surface area contributed by atoms with E-state index in [-0.39, 0.29) is 11.8 Å². The third-order valence-electron chi connectivity index (χ3n) is 2.83. The Morgan fingerprint density at radius 3 is 2.58 bits per heavy atom. The number of unbranched alkanes of at least 4 members (excludes halogenated alkanes) is 2. The van der Waals surface area contributed by atoms with E-state index in [2.05, 4.69) is 17.6 Å². The van der Waals surface area contributed by atoms with Gasteiger partial charge in [0.15, 0.2) is 0 Å². The van der Waals surface area contributed by atoms with Gasteiger partial charge in [0.1, 0.15) is 0 Å². The maximum atomic E-state index is 11.8. The summed E-state index contributed by atoms with van der Waals surface area (Å²) in [7, 11) is 0. The fraction of sp³-hybridized carbons (Fsp3) is 0.467. The zero-order chi connectivity index (χ0) is 14.1. The fourth-order valence-electron chi connectivity index (χ4n) is 1.76. The van der Waals surface area contributed by atoms with Gasteiger partial charge in [0, 0.05) is 25.6 Å². The first-order chi connectivity index (χ1) is 9.13. The van der Waals surface area contributed by atoms with Gasteiger partial charge in [-0.25, -0.2) is 0 Å². The zero-order valence-electron chi connectivity index (χ0n) is 11.7. The molecule has 0 saturated carbocycles. The maximum absolute atomic E-state index is 11.8. The van der Waals surface area contributed by atoms with Crippen LogP contribution in [0.1, 0.15) is 45.1 Å². The molecule has 0 saturated heterocycles. The van der Waals surface area contributed by atoms with Crippen molar-refractivity contribution in [2.75, 3.05) is 5.32 Å². The number of nitrogens with one attached hydrogen (secondary N) is 2. The highest BCUT2D eigenvalue weighted by molar-refractivity contribution is 5.91. The molecule has 0 unspecified atom stereocenters. The van der Waals surface area contributed by atoms with Crippen LogP contribution < -0.4 is 10.6 Å². The Balaban J connectivity index is 2.56. The molecule has 0 atom stereocenters. The number of para-hydroxylation sites is 1. The summed E-state index contributed by atoms with van der Waals surface area (Å²) in [5.74, 6) is -0.0483. The molecule has 4 nitrogen and oxygen atoms in total. The molecular formula is C15H22N2O2. The van der Waals surface area contributed by atoms with Gasteiger partial charge in [-0.1, -0.05) is 38.0 Å². The first kappa shape index (κ1) is 15.2. The molecule has 0 aliphatic rings. The first-order valence-corrected chi connectivity index (χ1v) is 6.75. The highest BCUT2D eigenvalue weighted by Gasteiger charge is 2.06. The molecule has 0 bridgehead atoms. The van der Waals surface area contributed by atoms with Crippen LogP contribution in [0.4, 0.5) is 5.69 Å². The van der Waals surface area contributed by atoms with Crippen molar-refractivity contribution in [3.8, 4) is 0 Å². The predicted molar refractivity (Wildman–Crippen MR) is 76.7 cm³/mol. The van der Waals surface area contributed by atoms with Crippen molar-refractivity contribution in [3.63, 3.8) is 0 Å². The largest absolute Gasteiger partial charge is 0.352 e. The van der Waals surface area contributed by atoms with Crippen LogP contribution in [-0.2, 0) is 16.1 Å². The SMILES string of the molecule is CCCCCC(=O)Nc1ccccc1CNC(C)=O. The van der Waals surface area contributed by atoms with E-state index in [1.165, 1.54) is 6.92 Å². The molecule has 0 heterocycles. The van der Waals surface area contributed by atoms with Crippen LogP contribution in [0.2, 0.25) is 0 Å². The number of anilines is 1. The molecule has 0 aliphatic heterocycles. The summed E-state index contributed by atoms with van der Waals surface area (Å²) in [6.45, 7) is 4.02. The van der Waals surface area contributed by atoms with Crippen LogP contribution in [0, 0.1) is 0 Å². The van der Waals surface area contributed by atoms with Gasteiger partial charge in [0.25, 0.3) is 0 Å². The van der Waals surface area contributed by atoms with Crippen molar-refractivity contribution in [1.82, 2.24) is 5.32 Å². The van der Waals surface area contributed by atoms with Crippen LogP contribution in [0.5, 0.6) is 0 Å². The Labute approximate surface area is 114 Å². The lowest BCUT2D eigenvalue weighted by atomic mass is 10.1. The summed E-state index contributed by atoms with van der Waals surface area (Å²) in [5.41, 5.74) is 1.69. The second-order valence-corrected chi connectivity index (χ2v) is 4.57. The van der Waals surface area contributed by atoms with Gasteiger partial charge >= 0.3 is 0 Å². The summed E-state index contributed by atoms with van der Waals surface area (Å²) in [6, 6.07) is 7.52. The minimum absolute atomic E-state index is 0.0312. The van der Waals surface area contributed by atoms with E-state index < -0.39 is 0 Å². The van der Waals surface area contributed by atoms with Crippen LogP contribution in [0.25, 0.3) is 0 Å². The van der Waals surface area contributed by atoms with Crippen LogP contribution >= 0.6 is 0 Å². The lowest BCUT2D eigenvalue weighted by molar-refractivity contribution is -0.119. The van der Waals surface area contributed by atoms with E-state index >= 15 is 0 Å². The van der Waals surface area contributed by atoms with Crippen molar-refractivity contribution in [2.24, 2.45) is 0 Å². The third-order valence-corrected chi connectivity index (χ3v) is 2.83. The van der Waals surface area contributed by atoms with Gasteiger partial charge in [-0.15, -0.1) is 0 Å². The summed E-state index contributed by atoms with van der Waals surface area (Å²) in [5, 5.41) is 5.64. The standard InChI is InChI=1S/C15H22N2O2/c1-3-4-5-10-15(19)17-14-9-7-6-8-13(14)11-16-12(2)18/h6-9H,3-5,10-11H2,1-2H3,(H,16,18)(H,17,19). The second kappa shape index (κ2) is 8.29. The Morgan fingerprint density at radius 2 is 1.89 bits per heavy atom. The Bertz CT molecular complexity index is 430. The molecular weight excluding hydrogens is 240 g/mol. The predicted octanol–water partition coefficient (Wildman–Crippen LogP) is 2.84. The Hall–Kier alpha value is -1.84. The molecule has 1 rings (SSSR count). The van der Waals surface area contributed by atoms with Crippen molar-refractivity contribution < 1.29 is 9.59 Å². The van der Waals surface area contributed by atoms with Gasteiger partial charge in [0.05, 0.1) is 0 Å². The van der Waals surface area contributed by atoms with Crippen molar-refractivity contribution in [2.45, 2.75) is 46.1 Å². The van der Waals surface area contributed by atoms with E-state index in [0.717, 1.165) is 30.5 Å². The number of carbonyl (C=O) groups excluding carboxylic acids is 2. The number of carbonyl (C=O) groups is 2. The number of hydrogen-bond acceptors (Lipinski definition) is 2. The van der Waals surface area contributed by atoms with Gasteiger partial charge in [0.2, 0.25) is 11.8 Å². The van der Waals surface area contributed by atoms with E-state index in [0.29, 0.717) is 13.0 Å². The summed E-state index contributed by atoms with van der Waals surface area (Å²) < 4.78 is 0. The van der Waals surface area contributed by atoms with Crippen molar-refractivity contribution in [1.29, 1.82) is 0 Å². The normalized spacial score (nSPS) is 10.0. The maximum Gasteiger partial charge on any atom is 0.224 e. The monoisotopic (exact) mass is 262 g/mol. The molecule has 4 heteroatoms. The lowest BCUT2D eigenvalue weighted by Crippen LogP contribution is -2.20. The number of benzene rings is 1. The summed E-state index contributed by atoms with van der Waals surface area (Å²) in [4.78, 5) is 22.7. The quantitative estimate of drug-likeness (QED) is 0.742. The molecule has 2 amide bonds. The number of amides is 2. The molecule has 2 N–H and O–H groups in total. The van der Waals surface area contributed by atoms with Crippen molar-refractivity contribution in [3.05, 3.63) is 29.8 Å². The smallest absolute Gasteiger partial charge is 0.224 e. The molecule has 104 valence electrons. The van der Waals surface area contributed by atoms with Gasteiger partial charge in [-0.05, 0) is 18.1 Å².